The first-order chi connectivity index (χ1) is 3.27. The lowest BCUT2D eigenvalue weighted by atomic mass is 10.7. The molecule has 0 N–H and O–H groups in total. The van der Waals surface area contributed by atoms with E-state index >= 15 is 0 Å². The summed E-state index contributed by atoms with van der Waals surface area (Å²) in [6.07, 6.45) is 1.42. The Labute approximate surface area is 43.1 Å². The number of rotatable bonds is 2. The summed E-state index contributed by atoms with van der Waals surface area (Å²) >= 11 is 0. The van der Waals surface area contributed by atoms with Crippen LogP contribution in [0.25, 0.3) is 0 Å². The Balaban J connectivity index is 2.13. The van der Waals surface area contributed by atoms with E-state index in [0.717, 1.165) is 0 Å². The van der Waals surface area contributed by atoms with Gasteiger partial charge in [0.15, 0.2) is 0 Å². The SMILES string of the molecule is CCOC1([O])CC1. The number of ether oxygens (including phenoxy) is 1. The molecule has 41 valence electrons. The van der Waals surface area contributed by atoms with Crippen LogP contribution in [0.4, 0.5) is 0 Å². The van der Waals surface area contributed by atoms with Crippen molar-refractivity contribution in [2.45, 2.75) is 25.6 Å². The average Bonchev–Trinajstić information content (AvgIpc) is 2.22. The highest BCUT2D eigenvalue weighted by molar-refractivity contribution is 4.82. The highest BCUT2D eigenvalue weighted by atomic mass is 16.6. The molecule has 1 rings (SSSR count). The second kappa shape index (κ2) is 1.46. The molecule has 0 spiro atoms. The van der Waals surface area contributed by atoms with E-state index in [0.29, 0.717) is 19.4 Å². The molecule has 0 heterocycles. The Bertz CT molecular complexity index is 66.5. The van der Waals surface area contributed by atoms with Gasteiger partial charge in [0.25, 0.3) is 0 Å². The van der Waals surface area contributed by atoms with Crippen LogP contribution in [0, 0.1) is 0 Å². The summed E-state index contributed by atoms with van der Waals surface area (Å²) in [5.74, 6) is -0.950. The first kappa shape index (κ1) is 5.06. The molecular weight excluding hydrogens is 92.1 g/mol. The molecule has 0 bridgehead atoms. The van der Waals surface area contributed by atoms with E-state index in [1.807, 2.05) is 6.92 Å². The maximum absolute atomic E-state index is 10.6. The van der Waals surface area contributed by atoms with E-state index in [1.54, 1.807) is 0 Å². The fourth-order valence-electron chi connectivity index (χ4n) is 0.509. The summed E-state index contributed by atoms with van der Waals surface area (Å²) in [6.45, 7) is 2.40. The molecule has 0 unspecified atom stereocenters. The zero-order chi connectivity index (χ0) is 5.33. The Morgan fingerprint density at radius 3 is 2.43 bits per heavy atom. The van der Waals surface area contributed by atoms with E-state index in [1.165, 1.54) is 0 Å². The van der Waals surface area contributed by atoms with Crippen LogP contribution in [0.5, 0.6) is 0 Å². The molecule has 0 saturated heterocycles. The van der Waals surface area contributed by atoms with E-state index in [9.17, 15) is 5.11 Å². The maximum atomic E-state index is 10.6. The molecule has 2 nitrogen and oxygen atoms in total. The van der Waals surface area contributed by atoms with Crippen molar-refractivity contribution >= 4 is 0 Å². The van der Waals surface area contributed by atoms with Gasteiger partial charge in [0.05, 0.1) is 0 Å². The zero-order valence-corrected chi connectivity index (χ0v) is 4.44. The monoisotopic (exact) mass is 101 g/mol. The molecule has 0 amide bonds. The lowest BCUT2D eigenvalue weighted by molar-refractivity contribution is -0.161. The zero-order valence-electron chi connectivity index (χ0n) is 4.44. The normalized spacial score (nSPS) is 24.9. The van der Waals surface area contributed by atoms with E-state index in [-0.39, 0.29) is 0 Å². The van der Waals surface area contributed by atoms with Crippen LogP contribution >= 0.6 is 0 Å². The first-order valence-corrected chi connectivity index (χ1v) is 2.61. The van der Waals surface area contributed by atoms with Crippen molar-refractivity contribution in [3.8, 4) is 0 Å². The Morgan fingerprint density at radius 1 is 1.71 bits per heavy atom. The quantitative estimate of drug-likeness (QED) is 0.476. The maximum Gasteiger partial charge on any atom is 0.202 e. The van der Waals surface area contributed by atoms with Gasteiger partial charge in [-0.15, -0.1) is 0 Å². The van der Waals surface area contributed by atoms with Crippen molar-refractivity contribution < 1.29 is 9.84 Å². The van der Waals surface area contributed by atoms with Crippen LogP contribution in [0.1, 0.15) is 19.8 Å². The van der Waals surface area contributed by atoms with Gasteiger partial charge in [-0.1, -0.05) is 0 Å². The first-order valence-electron chi connectivity index (χ1n) is 2.61. The van der Waals surface area contributed by atoms with Crippen LogP contribution in [-0.4, -0.2) is 12.4 Å². The molecule has 1 radical (unpaired) electrons. The van der Waals surface area contributed by atoms with Gasteiger partial charge >= 0.3 is 0 Å². The average molecular weight is 101 g/mol. The van der Waals surface area contributed by atoms with Crippen LogP contribution in [0.15, 0.2) is 0 Å². The van der Waals surface area contributed by atoms with Crippen molar-refractivity contribution in [3.63, 3.8) is 0 Å². The summed E-state index contributed by atoms with van der Waals surface area (Å²) in [5, 5.41) is 10.6. The lowest BCUT2D eigenvalue weighted by Gasteiger charge is -2.00. The summed E-state index contributed by atoms with van der Waals surface area (Å²) in [6, 6.07) is 0. The highest BCUT2D eigenvalue weighted by Gasteiger charge is 2.43. The fourth-order valence-corrected chi connectivity index (χ4v) is 0.509. The van der Waals surface area contributed by atoms with Crippen LogP contribution < -0.4 is 0 Å². The predicted molar refractivity (Wildman–Crippen MR) is 24.3 cm³/mol. The van der Waals surface area contributed by atoms with Crippen LogP contribution in [-0.2, 0) is 9.84 Å². The Morgan fingerprint density at radius 2 is 2.29 bits per heavy atom. The van der Waals surface area contributed by atoms with E-state index < -0.39 is 5.79 Å². The second-order valence-corrected chi connectivity index (χ2v) is 1.84. The molecule has 1 aliphatic carbocycles. The van der Waals surface area contributed by atoms with Crippen molar-refractivity contribution in [3.05, 3.63) is 0 Å². The predicted octanol–water partition coefficient (Wildman–Crippen LogP) is 0.944. The minimum atomic E-state index is -0.950. The van der Waals surface area contributed by atoms with Crippen LogP contribution in [0.3, 0.4) is 0 Å². The van der Waals surface area contributed by atoms with Gasteiger partial charge in [0.2, 0.25) is 5.79 Å². The van der Waals surface area contributed by atoms with E-state index in [4.69, 9.17) is 4.74 Å². The van der Waals surface area contributed by atoms with Gasteiger partial charge in [-0.25, -0.2) is 0 Å². The number of hydrogen-bond acceptors (Lipinski definition) is 1. The van der Waals surface area contributed by atoms with Crippen molar-refractivity contribution in [1.82, 2.24) is 0 Å². The molecule has 0 aromatic rings. The van der Waals surface area contributed by atoms with Gasteiger partial charge in [0.1, 0.15) is 0 Å². The standard InChI is InChI=1S/C5H9O2/c1-2-7-5(6)3-4-5/h2-4H2,1H3. The minimum Gasteiger partial charge on any atom is -0.348 e. The molecule has 7 heavy (non-hydrogen) atoms. The highest BCUT2D eigenvalue weighted by Crippen LogP contribution is 2.36. The van der Waals surface area contributed by atoms with Crippen molar-refractivity contribution in [2.24, 2.45) is 0 Å². The van der Waals surface area contributed by atoms with Gasteiger partial charge in [-0.3, -0.25) is 0 Å². The van der Waals surface area contributed by atoms with Crippen LogP contribution in [0.2, 0.25) is 0 Å². The van der Waals surface area contributed by atoms with Crippen molar-refractivity contribution in [2.75, 3.05) is 6.61 Å². The third-order valence-corrected chi connectivity index (χ3v) is 1.07. The van der Waals surface area contributed by atoms with Gasteiger partial charge in [-0.2, -0.15) is 5.11 Å². The Kier molecular flexibility index (Phi) is 1.05. The topological polar surface area (TPSA) is 29.1 Å². The molecule has 0 aromatic heterocycles. The molecule has 2 heteroatoms. The Hall–Kier alpha value is -0.0800. The largest absolute Gasteiger partial charge is 0.348 e. The molecule has 0 atom stereocenters. The third-order valence-electron chi connectivity index (χ3n) is 1.07. The molecular formula is C5H9O2. The summed E-state index contributed by atoms with van der Waals surface area (Å²) in [7, 11) is 0. The lowest BCUT2D eigenvalue weighted by Crippen LogP contribution is -2.09. The van der Waals surface area contributed by atoms with E-state index in [2.05, 4.69) is 0 Å². The van der Waals surface area contributed by atoms with Gasteiger partial charge in [0, 0.05) is 19.4 Å². The summed E-state index contributed by atoms with van der Waals surface area (Å²) < 4.78 is 4.78. The summed E-state index contributed by atoms with van der Waals surface area (Å²) in [5.41, 5.74) is 0. The molecule has 1 fully saturated rings. The summed E-state index contributed by atoms with van der Waals surface area (Å²) in [4.78, 5) is 0. The minimum absolute atomic E-state index is 0.559. The van der Waals surface area contributed by atoms with Crippen molar-refractivity contribution in [1.29, 1.82) is 0 Å². The fraction of sp³-hybridized carbons (Fsp3) is 1.00. The molecule has 0 aromatic carbocycles. The number of hydrogen-bond donors (Lipinski definition) is 0. The van der Waals surface area contributed by atoms with Gasteiger partial charge < -0.3 is 4.74 Å². The second-order valence-electron chi connectivity index (χ2n) is 1.84. The third kappa shape index (κ3) is 1.14. The molecule has 0 aliphatic heterocycles. The smallest absolute Gasteiger partial charge is 0.202 e. The molecule has 1 saturated carbocycles. The molecule has 1 aliphatic rings. The van der Waals surface area contributed by atoms with Gasteiger partial charge in [-0.05, 0) is 6.92 Å².